The van der Waals surface area contributed by atoms with Gasteiger partial charge < -0.3 is 0 Å². The van der Waals surface area contributed by atoms with Crippen LogP contribution in [0.3, 0.4) is 0 Å². The predicted octanol–water partition coefficient (Wildman–Crippen LogP) is 3.47. The van der Waals surface area contributed by atoms with Gasteiger partial charge in [0.2, 0.25) is 0 Å². The van der Waals surface area contributed by atoms with Crippen molar-refractivity contribution in [1.82, 2.24) is 5.09 Å². The Hall–Kier alpha value is 1.09. The van der Waals surface area contributed by atoms with Gasteiger partial charge in [0.1, 0.15) is 0 Å². The van der Waals surface area contributed by atoms with Crippen molar-refractivity contribution in [3.63, 3.8) is 0 Å². The Balaban J connectivity index is 1.96. The second-order valence-electron chi connectivity index (χ2n) is 2.54. The second-order valence-corrected chi connectivity index (χ2v) is 9.14. The zero-order valence-electron chi connectivity index (χ0n) is 7.01. The molecule has 1 unspecified atom stereocenters. The average Bonchev–Trinajstić information content (AvgIpc) is 2.07. The predicted molar refractivity (Wildman–Crippen MR) is 59.4 cm³/mol. The van der Waals surface area contributed by atoms with Crippen LogP contribution < -0.4 is 5.09 Å². The van der Waals surface area contributed by atoms with Crippen LogP contribution in [-0.4, -0.2) is 18.1 Å². The molecule has 66 valence electrons. The van der Waals surface area contributed by atoms with Crippen LogP contribution in [0.2, 0.25) is 0 Å². The lowest BCUT2D eigenvalue weighted by Gasteiger charge is -2.21. The number of unbranched alkanes of at least 4 members (excludes halogenated alkanes) is 1. The maximum absolute atomic E-state index is 3.57. The lowest BCUT2D eigenvalue weighted by Crippen LogP contribution is -2.11. The molecular formula is C7H16NPS2. The van der Waals surface area contributed by atoms with E-state index in [9.17, 15) is 0 Å². The van der Waals surface area contributed by atoms with E-state index in [1.54, 1.807) is 0 Å². The van der Waals surface area contributed by atoms with Crippen LogP contribution in [0.25, 0.3) is 0 Å². The number of rotatable bonds is 4. The highest BCUT2D eigenvalue weighted by Gasteiger charge is 2.12. The third-order valence-electron chi connectivity index (χ3n) is 1.48. The SMILES string of the molecule is CCCCSP1NCCCS1. The molecule has 0 bridgehead atoms. The van der Waals surface area contributed by atoms with Crippen LogP contribution in [0.15, 0.2) is 0 Å². The van der Waals surface area contributed by atoms with Crippen LogP contribution in [0, 0.1) is 0 Å². The summed E-state index contributed by atoms with van der Waals surface area (Å²) in [7, 11) is 0. The summed E-state index contributed by atoms with van der Waals surface area (Å²) in [6.45, 7) is 3.61. The van der Waals surface area contributed by atoms with Gasteiger partial charge in [0.25, 0.3) is 0 Å². The van der Waals surface area contributed by atoms with Crippen LogP contribution in [0.1, 0.15) is 26.2 Å². The van der Waals surface area contributed by atoms with E-state index < -0.39 is 0 Å². The van der Waals surface area contributed by atoms with Gasteiger partial charge in [-0.3, -0.25) is 5.09 Å². The summed E-state index contributed by atoms with van der Waals surface area (Å²) in [4.78, 5) is 0. The first-order chi connectivity index (χ1) is 5.43. The molecular weight excluding hydrogens is 193 g/mol. The quantitative estimate of drug-likeness (QED) is 0.562. The van der Waals surface area contributed by atoms with Gasteiger partial charge in [-0.05, 0) is 18.6 Å². The Kier molecular flexibility index (Phi) is 6.09. The van der Waals surface area contributed by atoms with Crippen LogP contribution >= 0.6 is 29.2 Å². The Morgan fingerprint density at radius 3 is 3.18 bits per heavy atom. The maximum atomic E-state index is 3.57. The number of hydrogen-bond acceptors (Lipinski definition) is 3. The zero-order valence-corrected chi connectivity index (χ0v) is 9.53. The molecule has 0 spiro atoms. The highest BCUT2D eigenvalue weighted by Crippen LogP contribution is 2.59. The summed E-state index contributed by atoms with van der Waals surface area (Å²) in [5.41, 5.74) is 0. The van der Waals surface area contributed by atoms with Gasteiger partial charge in [-0.15, -0.1) is 22.8 Å². The fraction of sp³-hybridized carbons (Fsp3) is 1.00. The molecule has 1 aliphatic heterocycles. The summed E-state index contributed by atoms with van der Waals surface area (Å²) in [5, 5.41) is 3.57. The van der Waals surface area contributed by atoms with E-state index in [4.69, 9.17) is 0 Å². The van der Waals surface area contributed by atoms with Crippen LogP contribution in [0.4, 0.5) is 0 Å². The fourth-order valence-electron chi connectivity index (χ4n) is 0.810. The fourth-order valence-corrected chi connectivity index (χ4v) is 7.53. The van der Waals surface area contributed by atoms with E-state index in [1.165, 1.54) is 37.3 Å². The smallest absolute Gasteiger partial charge is 0.0847 e. The summed E-state index contributed by atoms with van der Waals surface area (Å²) < 4.78 is 0. The molecule has 1 nitrogen and oxygen atoms in total. The van der Waals surface area contributed by atoms with E-state index in [2.05, 4.69) is 34.8 Å². The molecule has 11 heavy (non-hydrogen) atoms. The minimum Gasteiger partial charge on any atom is -0.279 e. The average molecular weight is 209 g/mol. The van der Waals surface area contributed by atoms with Crippen LogP contribution in [-0.2, 0) is 0 Å². The highest BCUT2D eigenvalue weighted by atomic mass is 33.1. The number of nitrogens with one attached hydrogen (secondary N) is 1. The molecule has 0 radical (unpaired) electrons. The largest absolute Gasteiger partial charge is 0.279 e. The molecule has 0 saturated carbocycles. The molecule has 0 aliphatic carbocycles. The summed E-state index contributed by atoms with van der Waals surface area (Å²) in [6, 6.07) is 0. The van der Waals surface area contributed by atoms with E-state index in [0.717, 1.165) is 0 Å². The third-order valence-corrected chi connectivity index (χ3v) is 8.54. The normalized spacial score (nSPS) is 25.4. The van der Waals surface area contributed by atoms with Crippen LogP contribution in [0.5, 0.6) is 0 Å². The molecule has 1 N–H and O–H groups in total. The lowest BCUT2D eigenvalue weighted by molar-refractivity contribution is 0.877. The van der Waals surface area contributed by atoms with Gasteiger partial charge in [0.05, 0.1) is 6.48 Å². The Morgan fingerprint density at radius 1 is 1.64 bits per heavy atom. The molecule has 0 amide bonds. The monoisotopic (exact) mass is 209 g/mol. The molecule has 1 atom stereocenters. The molecule has 0 aromatic rings. The van der Waals surface area contributed by atoms with Crippen molar-refractivity contribution >= 4 is 29.2 Å². The minimum absolute atomic E-state index is 0.1000. The highest BCUT2D eigenvalue weighted by molar-refractivity contribution is 8.87. The minimum atomic E-state index is 0.1000. The van der Waals surface area contributed by atoms with E-state index >= 15 is 0 Å². The van der Waals surface area contributed by atoms with Crippen molar-refractivity contribution in [2.75, 3.05) is 18.1 Å². The Labute approximate surface area is 78.8 Å². The van der Waals surface area contributed by atoms with E-state index in [0.29, 0.717) is 0 Å². The van der Waals surface area contributed by atoms with Gasteiger partial charge in [-0.1, -0.05) is 13.3 Å². The summed E-state index contributed by atoms with van der Waals surface area (Å²) in [5.74, 6) is 2.72. The molecule has 1 saturated heterocycles. The summed E-state index contributed by atoms with van der Waals surface area (Å²) >= 11 is 4.27. The van der Waals surface area contributed by atoms with Crippen molar-refractivity contribution in [2.45, 2.75) is 26.2 Å². The molecule has 1 rings (SSSR count). The Bertz CT molecular complexity index is 96.4. The molecule has 1 aliphatic rings. The molecule has 1 fully saturated rings. The lowest BCUT2D eigenvalue weighted by atomic mass is 10.4. The first-order valence-corrected chi connectivity index (χ1v) is 8.75. The van der Waals surface area contributed by atoms with Crippen molar-refractivity contribution < 1.29 is 0 Å². The van der Waals surface area contributed by atoms with Crippen molar-refractivity contribution in [3.8, 4) is 0 Å². The van der Waals surface area contributed by atoms with Gasteiger partial charge in [0.15, 0.2) is 0 Å². The van der Waals surface area contributed by atoms with E-state index in [1.807, 2.05) is 0 Å². The third kappa shape index (κ3) is 4.62. The number of hydrogen-bond donors (Lipinski definition) is 1. The van der Waals surface area contributed by atoms with Gasteiger partial charge in [-0.25, -0.2) is 0 Å². The topological polar surface area (TPSA) is 12.0 Å². The molecule has 4 heteroatoms. The van der Waals surface area contributed by atoms with Crippen molar-refractivity contribution in [2.24, 2.45) is 0 Å². The Morgan fingerprint density at radius 2 is 2.55 bits per heavy atom. The maximum Gasteiger partial charge on any atom is 0.0847 e. The first-order valence-electron chi connectivity index (χ1n) is 4.23. The first kappa shape index (κ1) is 10.2. The van der Waals surface area contributed by atoms with Crippen molar-refractivity contribution in [1.29, 1.82) is 0 Å². The van der Waals surface area contributed by atoms with Gasteiger partial charge >= 0.3 is 0 Å². The second kappa shape index (κ2) is 6.59. The zero-order chi connectivity index (χ0) is 7.94. The molecule has 1 heterocycles. The van der Waals surface area contributed by atoms with E-state index in [-0.39, 0.29) is 6.48 Å². The van der Waals surface area contributed by atoms with Crippen molar-refractivity contribution in [3.05, 3.63) is 0 Å². The molecule has 0 aromatic carbocycles. The summed E-state index contributed by atoms with van der Waals surface area (Å²) in [6.07, 6.45) is 4.07. The standard InChI is InChI=1S/C7H16NPS2/c1-2-3-6-10-9-8-5-4-7-11-9/h8H,2-7H2,1H3. The van der Waals surface area contributed by atoms with Gasteiger partial charge in [-0.2, -0.15) is 0 Å². The molecule has 0 aromatic heterocycles. The van der Waals surface area contributed by atoms with Gasteiger partial charge in [0, 0.05) is 12.3 Å².